The molecule has 0 unspecified atom stereocenters. The van der Waals surface area contributed by atoms with Crippen LogP contribution in [0.2, 0.25) is 0 Å². The first-order valence-corrected chi connectivity index (χ1v) is 13.5. The van der Waals surface area contributed by atoms with Crippen LogP contribution in [0, 0.1) is 51.8 Å². The van der Waals surface area contributed by atoms with Gasteiger partial charge in [0.05, 0.1) is 6.10 Å². The molecule has 4 rings (SSSR count). The highest BCUT2D eigenvalue weighted by Crippen LogP contribution is 2.72. The maximum Gasteiger partial charge on any atom is 0.0569 e. The maximum absolute atomic E-state index is 10.6. The summed E-state index contributed by atoms with van der Waals surface area (Å²) in [6, 6.07) is 0. The summed E-state index contributed by atoms with van der Waals surface area (Å²) in [6.45, 7) is 21.5. The fraction of sp³-hybridized carbons (Fsp3) is 0.867. The Morgan fingerprint density at radius 1 is 1.06 bits per heavy atom. The number of aliphatic hydroxyl groups is 1. The third-order valence-corrected chi connectivity index (χ3v) is 12.0. The van der Waals surface area contributed by atoms with Crippen LogP contribution >= 0.6 is 0 Å². The molecule has 10 atom stereocenters. The zero-order chi connectivity index (χ0) is 22.8. The first-order valence-electron chi connectivity index (χ1n) is 13.5. The molecule has 4 aliphatic carbocycles. The molecule has 0 aromatic heterocycles. The summed E-state index contributed by atoms with van der Waals surface area (Å²) in [5.74, 6) is 4.20. The quantitative estimate of drug-likeness (QED) is 0.439. The monoisotopic (exact) mass is 426 g/mol. The Morgan fingerprint density at radius 2 is 1.77 bits per heavy atom. The lowest BCUT2D eigenvalue weighted by molar-refractivity contribution is -0.0780. The molecule has 4 aliphatic rings. The molecule has 1 N–H and O–H groups in total. The number of hydrogen-bond donors (Lipinski definition) is 1. The predicted molar refractivity (Wildman–Crippen MR) is 133 cm³/mol. The molecule has 0 bridgehead atoms. The van der Waals surface area contributed by atoms with Gasteiger partial charge < -0.3 is 5.11 Å². The summed E-state index contributed by atoms with van der Waals surface area (Å²) in [7, 11) is 0. The van der Waals surface area contributed by atoms with Gasteiger partial charge in [-0.2, -0.15) is 0 Å². The molecule has 31 heavy (non-hydrogen) atoms. The van der Waals surface area contributed by atoms with Gasteiger partial charge >= 0.3 is 0 Å². The highest BCUT2D eigenvalue weighted by atomic mass is 16.3. The molecule has 0 heterocycles. The van der Waals surface area contributed by atoms with E-state index in [0.717, 1.165) is 24.2 Å². The molecule has 1 heteroatoms. The van der Waals surface area contributed by atoms with Gasteiger partial charge in [-0.3, -0.25) is 0 Å². The Bertz CT molecular complexity index is 735. The molecule has 0 saturated heterocycles. The van der Waals surface area contributed by atoms with Crippen LogP contribution in [0.3, 0.4) is 0 Å². The lowest BCUT2D eigenvalue weighted by Gasteiger charge is -2.62. The van der Waals surface area contributed by atoms with Gasteiger partial charge in [0.2, 0.25) is 0 Å². The Kier molecular flexibility index (Phi) is 6.11. The second-order valence-electron chi connectivity index (χ2n) is 13.3. The van der Waals surface area contributed by atoms with Crippen LogP contribution < -0.4 is 0 Å². The van der Waals surface area contributed by atoms with Gasteiger partial charge in [-0.1, -0.05) is 65.3 Å². The van der Waals surface area contributed by atoms with Crippen LogP contribution in [0.1, 0.15) is 106 Å². The minimum Gasteiger partial charge on any atom is -0.393 e. The molecule has 0 spiro atoms. The van der Waals surface area contributed by atoms with Gasteiger partial charge in [0.25, 0.3) is 0 Å². The topological polar surface area (TPSA) is 20.2 Å². The van der Waals surface area contributed by atoms with E-state index in [2.05, 4.69) is 61.1 Å². The average Bonchev–Trinajstić information content (AvgIpc) is 3.00. The summed E-state index contributed by atoms with van der Waals surface area (Å²) in [6.07, 6.45) is 14.3. The third-order valence-electron chi connectivity index (χ3n) is 12.0. The van der Waals surface area contributed by atoms with Crippen LogP contribution in [-0.4, -0.2) is 11.2 Å². The van der Waals surface area contributed by atoms with Gasteiger partial charge in [0.1, 0.15) is 0 Å². The Hall–Kier alpha value is -0.560. The van der Waals surface area contributed by atoms with E-state index in [1.807, 2.05) is 5.57 Å². The SMILES string of the molecule is C=C(C)[C@@H](C)CC[C@@H](C)[C@H]1CC[C@@]2(C)[C@@H]3CC[C@H]4[C@H](C)[C@@H](O)CC[C@]4(C)C3=CC[C@]12C. The Balaban J connectivity index is 1.59. The summed E-state index contributed by atoms with van der Waals surface area (Å²) in [4.78, 5) is 0. The zero-order valence-corrected chi connectivity index (χ0v) is 21.6. The van der Waals surface area contributed by atoms with Crippen molar-refractivity contribution in [3.63, 3.8) is 0 Å². The summed E-state index contributed by atoms with van der Waals surface area (Å²) in [5, 5.41) is 10.6. The molecule has 0 aromatic rings. The summed E-state index contributed by atoms with van der Waals surface area (Å²) < 4.78 is 0. The minimum absolute atomic E-state index is 0.0852. The van der Waals surface area contributed by atoms with Crippen LogP contribution in [0.5, 0.6) is 0 Å². The smallest absolute Gasteiger partial charge is 0.0569 e. The fourth-order valence-corrected chi connectivity index (χ4v) is 9.26. The average molecular weight is 427 g/mol. The highest BCUT2D eigenvalue weighted by Gasteiger charge is 2.64. The molecule has 0 aromatic carbocycles. The van der Waals surface area contributed by atoms with E-state index in [1.165, 1.54) is 56.9 Å². The molecule has 1 nitrogen and oxygen atoms in total. The molecular formula is C30H50O. The van der Waals surface area contributed by atoms with Crippen molar-refractivity contribution < 1.29 is 5.11 Å². The van der Waals surface area contributed by atoms with E-state index in [-0.39, 0.29) is 6.10 Å². The predicted octanol–water partition coefficient (Wildman–Crippen LogP) is 8.19. The number of fused-ring (bicyclic) bond motifs is 5. The van der Waals surface area contributed by atoms with Crippen molar-refractivity contribution in [3.05, 3.63) is 23.8 Å². The van der Waals surface area contributed by atoms with Crippen molar-refractivity contribution in [3.8, 4) is 0 Å². The van der Waals surface area contributed by atoms with Gasteiger partial charge in [0, 0.05) is 0 Å². The second kappa shape index (κ2) is 8.03. The van der Waals surface area contributed by atoms with Crippen molar-refractivity contribution in [2.24, 2.45) is 51.8 Å². The van der Waals surface area contributed by atoms with Crippen molar-refractivity contribution >= 4 is 0 Å². The largest absolute Gasteiger partial charge is 0.393 e. The molecule has 0 aliphatic heterocycles. The number of aliphatic hydroxyl groups excluding tert-OH is 1. The van der Waals surface area contributed by atoms with Crippen molar-refractivity contribution in [1.82, 2.24) is 0 Å². The number of allylic oxidation sites excluding steroid dienone is 3. The van der Waals surface area contributed by atoms with E-state index in [1.54, 1.807) is 0 Å². The molecule has 3 fully saturated rings. The van der Waals surface area contributed by atoms with Crippen LogP contribution in [0.25, 0.3) is 0 Å². The maximum atomic E-state index is 10.6. The standard InChI is InChI=1S/C30H50O/c1-19(2)20(3)9-10-21(4)23-13-17-30(8)26-12-11-24-22(5)27(31)15-16-28(24,6)25(26)14-18-29(23,30)7/h14,20-24,26-27,31H,1,9-13,15-18H2,2-8H3/t20-,21+,22-,23+,24-,26+,27-,28-,29+,30-/m0/s1. The van der Waals surface area contributed by atoms with Crippen LogP contribution in [0.15, 0.2) is 23.8 Å². The fourth-order valence-electron chi connectivity index (χ4n) is 9.26. The van der Waals surface area contributed by atoms with Crippen molar-refractivity contribution in [2.45, 2.75) is 112 Å². The van der Waals surface area contributed by atoms with Crippen LogP contribution in [-0.2, 0) is 0 Å². The van der Waals surface area contributed by atoms with Gasteiger partial charge in [-0.15, -0.1) is 0 Å². The van der Waals surface area contributed by atoms with Crippen LogP contribution in [0.4, 0.5) is 0 Å². The van der Waals surface area contributed by atoms with E-state index in [0.29, 0.717) is 34.0 Å². The first kappa shape index (κ1) is 23.6. The van der Waals surface area contributed by atoms with E-state index in [9.17, 15) is 5.11 Å². The number of rotatable bonds is 5. The van der Waals surface area contributed by atoms with Gasteiger partial charge in [-0.05, 0) is 116 Å². The molecule has 0 radical (unpaired) electrons. The van der Waals surface area contributed by atoms with E-state index < -0.39 is 0 Å². The molecule has 3 saturated carbocycles. The van der Waals surface area contributed by atoms with Crippen molar-refractivity contribution in [2.75, 3.05) is 0 Å². The summed E-state index contributed by atoms with van der Waals surface area (Å²) >= 11 is 0. The normalized spacial score (nSPS) is 48.8. The van der Waals surface area contributed by atoms with E-state index in [4.69, 9.17) is 0 Å². The molecular weight excluding hydrogens is 376 g/mol. The second-order valence-corrected chi connectivity index (χ2v) is 13.3. The molecule has 176 valence electrons. The lowest BCUT2D eigenvalue weighted by Crippen LogP contribution is -2.55. The van der Waals surface area contributed by atoms with Gasteiger partial charge in [-0.25, -0.2) is 0 Å². The van der Waals surface area contributed by atoms with E-state index >= 15 is 0 Å². The summed E-state index contributed by atoms with van der Waals surface area (Å²) in [5.41, 5.74) is 4.37. The van der Waals surface area contributed by atoms with Gasteiger partial charge in [0.15, 0.2) is 0 Å². The lowest BCUT2D eigenvalue weighted by atomic mass is 9.43. The first-order chi connectivity index (χ1) is 14.5. The van der Waals surface area contributed by atoms with Crippen molar-refractivity contribution in [1.29, 1.82) is 0 Å². The Labute approximate surface area is 193 Å². The number of hydrogen-bond acceptors (Lipinski definition) is 1. The highest BCUT2D eigenvalue weighted by molar-refractivity contribution is 5.32. The Morgan fingerprint density at radius 3 is 2.45 bits per heavy atom. The zero-order valence-electron chi connectivity index (χ0n) is 21.6. The molecule has 0 amide bonds. The third kappa shape index (κ3) is 3.43. The minimum atomic E-state index is -0.0852.